The first-order valence-electron chi connectivity index (χ1n) is 40.2. The molecule has 648 valence electrons. The number of halogens is 8. The molecule has 113 heavy (non-hydrogen) atoms. The summed E-state index contributed by atoms with van der Waals surface area (Å²) in [5.41, 5.74) is 7.40. The first-order chi connectivity index (χ1) is 53.1. The summed E-state index contributed by atoms with van der Waals surface area (Å²) in [6.07, 6.45) is 11.3. The van der Waals surface area contributed by atoms with E-state index in [2.05, 4.69) is 52.4 Å². The molecule has 0 radical (unpaired) electrons. The van der Waals surface area contributed by atoms with Gasteiger partial charge in [0.15, 0.2) is 0 Å². The summed E-state index contributed by atoms with van der Waals surface area (Å²) in [6, 6.07) is 38.2. The van der Waals surface area contributed by atoms with Gasteiger partial charge >= 0.3 is 641 Å². The van der Waals surface area contributed by atoms with Gasteiger partial charge in [-0.2, -0.15) is 0 Å². The van der Waals surface area contributed by atoms with Gasteiger partial charge in [0.2, 0.25) is 0 Å². The van der Waals surface area contributed by atoms with Gasteiger partial charge in [-0.3, -0.25) is 0 Å². The van der Waals surface area contributed by atoms with E-state index in [0.717, 1.165) is 117 Å². The molecular weight excluding hydrogens is 2030 g/mol. The van der Waals surface area contributed by atoms with Crippen molar-refractivity contribution < 1.29 is 111 Å². The molecule has 0 fully saturated rings. The second-order valence-corrected chi connectivity index (χ2v) is 83.3. The number of aryl methyl sites for hydroxylation is 4. The number of hydrogen-bond acceptors (Lipinski definition) is 12. The molecule has 0 aromatic heterocycles. The molecule has 0 N–H and O–H groups in total. The van der Waals surface area contributed by atoms with Crippen LogP contribution < -0.4 is 18.9 Å². The maximum atomic E-state index is 13.3. The fourth-order valence-corrected chi connectivity index (χ4v) is 38.4. The minimum atomic E-state index is -2.17. The van der Waals surface area contributed by atoms with Crippen LogP contribution in [-0.4, -0.2) is 134 Å². The normalized spacial score (nSPS) is 12.7. The van der Waals surface area contributed by atoms with Crippen molar-refractivity contribution >= 4 is 160 Å². The Balaban J connectivity index is 1.52. The number of hydrogen-bond donors (Lipinski definition) is 0. The molecular formula is C84H132Cl8O12Ru4Si5. The van der Waals surface area contributed by atoms with E-state index in [-0.39, 0.29) is 67.6 Å². The number of rotatable bonds is 56. The summed E-state index contributed by atoms with van der Waals surface area (Å²) in [5, 5.41) is 0. The molecule has 0 amide bonds. The van der Waals surface area contributed by atoms with Crippen molar-refractivity contribution in [3.63, 3.8) is 0 Å². The zero-order valence-corrected chi connectivity index (χ0v) is 88.0. The molecule has 4 aromatic carbocycles. The summed E-state index contributed by atoms with van der Waals surface area (Å²) in [4.78, 5) is 53.3. The van der Waals surface area contributed by atoms with Gasteiger partial charge in [0.05, 0.1) is 8.07 Å². The summed E-state index contributed by atoms with van der Waals surface area (Å²) < 4.78 is 55.9. The third-order valence-corrected chi connectivity index (χ3v) is 47.0. The van der Waals surface area contributed by atoms with Crippen molar-refractivity contribution in [3.05, 3.63) is 117 Å². The topological polar surface area (TPSA) is 142 Å². The summed E-state index contributed by atoms with van der Waals surface area (Å²) in [6.45, 7) is 37.8. The Bertz CT molecular complexity index is 3620. The Hall–Kier alpha value is -0.662. The molecule has 0 saturated carbocycles. The van der Waals surface area contributed by atoms with Crippen LogP contribution in [0.15, 0.2) is 72.8 Å². The number of ether oxygens (including phenoxy) is 8. The third kappa shape index (κ3) is 45.9. The van der Waals surface area contributed by atoms with E-state index in [1.54, 1.807) is 0 Å². The quantitative estimate of drug-likeness (QED) is 0.0180. The molecule has 0 heterocycles. The molecule has 29 heteroatoms. The van der Waals surface area contributed by atoms with Gasteiger partial charge in [0.1, 0.15) is 0 Å². The number of carbonyl (C=O) groups is 4. The van der Waals surface area contributed by atoms with Crippen LogP contribution in [0.4, 0.5) is 0 Å². The van der Waals surface area contributed by atoms with Crippen LogP contribution in [0.5, 0.6) is 23.0 Å². The van der Waals surface area contributed by atoms with Gasteiger partial charge in [0.25, 0.3) is 0 Å². The zero-order valence-electron chi connectivity index (χ0n) is 70.0. The zero-order chi connectivity index (χ0) is 84.0. The maximum absolute atomic E-state index is 13.3. The fourth-order valence-electron chi connectivity index (χ4n) is 14.5. The fraction of sp³-hybridized carbons (Fsp3) is 0.619. The van der Waals surface area contributed by atoms with E-state index in [4.69, 9.17) is 115 Å². The Morgan fingerprint density at radius 3 is 0.982 bits per heavy atom. The standard InChI is InChI=1S/C84H132O12Si5.8ClH.4Ru/c1-65(2)93-77-36-22-33-74(71(77)11)41-45-81(86)90-49-25-53-98(15,16)57-29-61-101(60-28-56-97(13,14)52-24-48-89-80(85)44-40-73-39-38-69(9)79(64-73)95-67(5)6,62-30-58-99(17,18)54-26-50-91-82(87)46-42-75-34-23-37-78(72(75)12)94-66(3)4)63-31-59-100(19,20)55-27-51-92-83(88)47-43-76-35-21-32-70(10)84(76)96-68(7)8;;;;;;;;;;;;/h9-12,21-23,32-39,64-68H,24-31,40-63H2,1-8,13-20H3;8*1H;;;;/q;;;;;;;;;4*+2/p-8. The Kier molecular flexibility index (Phi) is 50.7. The van der Waals surface area contributed by atoms with Gasteiger partial charge in [-0.15, -0.1) is 0 Å². The molecule has 4 aromatic rings. The molecule has 4 rings (SSSR count). The van der Waals surface area contributed by atoms with Gasteiger partial charge in [-0.05, 0) is 0 Å². The van der Waals surface area contributed by atoms with Crippen LogP contribution in [0.3, 0.4) is 0 Å². The van der Waals surface area contributed by atoms with E-state index in [0.29, 0.717) is 58.5 Å². The summed E-state index contributed by atoms with van der Waals surface area (Å²) >= 11 is -8.52. The van der Waals surface area contributed by atoms with Crippen LogP contribution in [-0.2, 0) is 118 Å². The van der Waals surface area contributed by atoms with Gasteiger partial charge in [-0.1, -0.05) is 88.1 Å². The SMILES string of the molecule is CC(C)Oc1cc(CCC(=O)OCCC[Si](C)(C)CCC[Si](CCC[Si](C)(C)CCCOC(=O)CCc2cccc(OC(C)C)c2[CH]=[Ru]([Cl])[Cl])(CCC[Si](C)(C)CCCOC(=O)CCc2cccc(OC(C)C)c2[CH]=[Ru]([Cl])[Cl])CCC[Si](C)(C)CCCOC(=O)CCc2cccc([CH]=[Ru]([Cl])[Cl])c2OC(C)C)ccc1[CH]=[Ru]([Cl])[Cl]. The molecule has 0 aliphatic rings. The van der Waals surface area contributed by atoms with Crippen LogP contribution in [0, 0.1) is 0 Å². The molecule has 0 saturated heterocycles. The second kappa shape index (κ2) is 54.8. The molecule has 0 spiro atoms. The van der Waals surface area contributed by atoms with Crippen molar-refractivity contribution in [1.29, 1.82) is 0 Å². The molecule has 0 unspecified atom stereocenters. The predicted molar refractivity (Wildman–Crippen MR) is 484 cm³/mol. The van der Waals surface area contributed by atoms with Crippen LogP contribution in [0.25, 0.3) is 0 Å². The van der Waals surface area contributed by atoms with Crippen molar-refractivity contribution in [3.8, 4) is 23.0 Å². The van der Waals surface area contributed by atoms with Crippen molar-refractivity contribution in [1.82, 2.24) is 0 Å². The van der Waals surface area contributed by atoms with Crippen molar-refractivity contribution in [2.75, 3.05) is 26.4 Å². The summed E-state index contributed by atoms with van der Waals surface area (Å²) in [5.74, 6) is 2.13. The number of benzene rings is 4. The first kappa shape index (κ1) is 105. The van der Waals surface area contributed by atoms with Crippen molar-refractivity contribution in [2.24, 2.45) is 0 Å². The van der Waals surface area contributed by atoms with E-state index in [1.807, 2.05) is 147 Å². The van der Waals surface area contributed by atoms with E-state index >= 15 is 0 Å². The van der Waals surface area contributed by atoms with Gasteiger partial charge < -0.3 is 0 Å². The third-order valence-electron chi connectivity index (χ3n) is 20.4. The Labute approximate surface area is 737 Å². The molecule has 12 nitrogen and oxygen atoms in total. The van der Waals surface area contributed by atoms with Gasteiger partial charge in [0, 0.05) is 8.07 Å². The molecule has 0 atom stereocenters. The van der Waals surface area contributed by atoms with Crippen LogP contribution >= 0.6 is 77.5 Å². The second-order valence-electron chi connectivity index (χ2n) is 34.1. The molecule has 0 bridgehead atoms. The van der Waals surface area contributed by atoms with Crippen LogP contribution in [0.1, 0.15) is 177 Å². The number of para-hydroxylation sites is 1. The predicted octanol–water partition coefficient (Wildman–Crippen LogP) is 25.5. The average molecular weight is 2160 g/mol. The minimum absolute atomic E-state index is 0.0230. The number of esters is 4. The van der Waals surface area contributed by atoms with E-state index in [1.165, 1.54) is 74.0 Å². The number of carbonyl (C=O) groups excluding carboxylic acids is 4. The molecule has 0 aliphatic heterocycles. The van der Waals surface area contributed by atoms with Crippen LogP contribution in [0.2, 0.25) is 125 Å². The summed E-state index contributed by atoms with van der Waals surface area (Å²) in [7, 11) is 41.9. The first-order valence-corrected chi connectivity index (χ1v) is 78.7. The monoisotopic (exact) mass is 2160 g/mol. The van der Waals surface area contributed by atoms with Crippen molar-refractivity contribution in [2.45, 2.75) is 307 Å². The van der Waals surface area contributed by atoms with Gasteiger partial charge in [-0.25, -0.2) is 0 Å². The molecule has 0 aliphatic carbocycles. The average Bonchev–Trinajstić information content (AvgIpc) is 0.907. The Morgan fingerprint density at radius 1 is 0.336 bits per heavy atom. The Morgan fingerprint density at radius 2 is 0.637 bits per heavy atom. The van der Waals surface area contributed by atoms with E-state index in [9.17, 15) is 19.2 Å². The van der Waals surface area contributed by atoms with E-state index < -0.39 is 94.4 Å².